The number of rotatable bonds is 7. The van der Waals surface area contributed by atoms with E-state index in [9.17, 15) is 9.59 Å². The van der Waals surface area contributed by atoms with Crippen LogP contribution in [-0.4, -0.2) is 52.5 Å². The van der Waals surface area contributed by atoms with Gasteiger partial charge in [0.25, 0.3) is 5.91 Å². The minimum atomic E-state index is -0.957. The number of nitrogens with one attached hydrogen (secondary N) is 1. The average Bonchev–Trinajstić information content (AvgIpc) is 3.30. The van der Waals surface area contributed by atoms with Crippen molar-refractivity contribution in [2.75, 3.05) is 19.0 Å². The number of benzene rings is 2. The Morgan fingerprint density at radius 1 is 1.14 bits per heavy atom. The lowest BCUT2D eigenvalue weighted by Gasteiger charge is -2.32. The fraction of sp³-hybridized carbons (Fsp3) is 0.357. The van der Waals surface area contributed by atoms with E-state index in [1.54, 1.807) is 7.11 Å². The SMILES string of the molecule is CCC(OC(=O)c1c2c(nc3ccccc13)CCN(C(C)C)C2)C(=O)Nc1nc2ccc(OC)cc2s1. The van der Waals surface area contributed by atoms with Gasteiger partial charge in [-0.05, 0) is 44.5 Å². The Kier molecular flexibility index (Phi) is 7.08. The first-order valence-electron chi connectivity index (χ1n) is 12.5. The quantitative estimate of drug-likeness (QED) is 0.336. The highest BCUT2D eigenvalue weighted by Gasteiger charge is 2.30. The summed E-state index contributed by atoms with van der Waals surface area (Å²) in [5, 5.41) is 4.02. The number of esters is 1. The summed E-state index contributed by atoms with van der Waals surface area (Å²) in [4.78, 5) is 38.5. The van der Waals surface area contributed by atoms with Crippen LogP contribution in [0.15, 0.2) is 42.5 Å². The number of pyridine rings is 1. The monoisotopic (exact) mass is 518 g/mol. The number of carbonyl (C=O) groups excluding carboxylic acids is 2. The molecule has 0 radical (unpaired) electrons. The highest BCUT2D eigenvalue weighted by atomic mass is 32.1. The molecule has 9 heteroatoms. The number of thiazole rings is 1. The van der Waals surface area contributed by atoms with Gasteiger partial charge < -0.3 is 9.47 Å². The first-order valence-corrected chi connectivity index (χ1v) is 13.3. The van der Waals surface area contributed by atoms with Gasteiger partial charge >= 0.3 is 5.97 Å². The van der Waals surface area contributed by atoms with Crippen LogP contribution in [0.3, 0.4) is 0 Å². The fourth-order valence-electron chi connectivity index (χ4n) is 4.67. The Hall–Kier alpha value is -3.56. The summed E-state index contributed by atoms with van der Waals surface area (Å²) in [5.74, 6) is -0.187. The van der Waals surface area contributed by atoms with Crippen molar-refractivity contribution in [3.63, 3.8) is 0 Å². The summed E-state index contributed by atoms with van der Waals surface area (Å²) < 4.78 is 12.0. The summed E-state index contributed by atoms with van der Waals surface area (Å²) >= 11 is 1.34. The van der Waals surface area contributed by atoms with Gasteiger partial charge in [-0.15, -0.1) is 0 Å². The molecule has 0 bridgehead atoms. The summed E-state index contributed by atoms with van der Waals surface area (Å²) in [5.41, 5.74) is 3.83. The Morgan fingerprint density at radius 2 is 1.95 bits per heavy atom. The zero-order valence-electron chi connectivity index (χ0n) is 21.4. The third kappa shape index (κ3) is 5.01. The molecular weight excluding hydrogens is 488 g/mol. The van der Waals surface area contributed by atoms with Crippen molar-refractivity contribution < 1.29 is 19.1 Å². The Labute approximate surface area is 219 Å². The van der Waals surface area contributed by atoms with Crippen molar-refractivity contribution in [2.24, 2.45) is 0 Å². The number of ether oxygens (including phenoxy) is 2. The number of amides is 1. The van der Waals surface area contributed by atoms with Crippen LogP contribution in [-0.2, 0) is 22.5 Å². The molecule has 1 amide bonds. The van der Waals surface area contributed by atoms with Crippen LogP contribution in [0.2, 0.25) is 0 Å². The maximum absolute atomic E-state index is 13.7. The number of hydrogen-bond acceptors (Lipinski definition) is 8. The molecule has 4 aromatic rings. The second kappa shape index (κ2) is 10.4. The van der Waals surface area contributed by atoms with Gasteiger partial charge in [-0.25, -0.2) is 9.78 Å². The van der Waals surface area contributed by atoms with Crippen molar-refractivity contribution in [3.05, 3.63) is 59.3 Å². The van der Waals surface area contributed by atoms with Gasteiger partial charge in [0.05, 0.1) is 28.4 Å². The smallest absolute Gasteiger partial charge is 0.340 e. The second-order valence-corrected chi connectivity index (χ2v) is 10.4. The molecule has 0 aliphatic carbocycles. The van der Waals surface area contributed by atoms with Gasteiger partial charge in [-0.3, -0.25) is 20.0 Å². The summed E-state index contributed by atoms with van der Waals surface area (Å²) in [6.45, 7) is 7.62. The topological polar surface area (TPSA) is 93.7 Å². The second-order valence-electron chi connectivity index (χ2n) is 9.39. The maximum atomic E-state index is 13.7. The van der Waals surface area contributed by atoms with Crippen LogP contribution < -0.4 is 10.1 Å². The summed E-state index contributed by atoms with van der Waals surface area (Å²) in [7, 11) is 1.61. The summed E-state index contributed by atoms with van der Waals surface area (Å²) in [6, 6.07) is 13.5. The number of carbonyl (C=O) groups is 2. The highest BCUT2D eigenvalue weighted by Crippen LogP contribution is 2.31. The van der Waals surface area contributed by atoms with Crippen molar-refractivity contribution in [3.8, 4) is 5.75 Å². The van der Waals surface area contributed by atoms with E-state index in [4.69, 9.17) is 14.5 Å². The van der Waals surface area contributed by atoms with E-state index in [-0.39, 0.29) is 0 Å². The third-order valence-corrected chi connectivity index (χ3v) is 7.68. The van der Waals surface area contributed by atoms with Gasteiger partial charge in [-0.2, -0.15) is 0 Å². The van der Waals surface area contributed by atoms with Gasteiger partial charge in [0.1, 0.15) is 5.75 Å². The third-order valence-electron chi connectivity index (χ3n) is 6.75. The normalized spacial score (nSPS) is 14.5. The van der Waals surface area contributed by atoms with Crippen LogP contribution in [0.1, 0.15) is 48.8 Å². The number of nitrogens with zero attached hydrogens (tertiary/aromatic N) is 3. The number of para-hydroxylation sites is 1. The lowest BCUT2D eigenvalue weighted by atomic mass is 9.95. The lowest BCUT2D eigenvalue weighted by molar-refractivity contribution is -0.124. The molecule has 2 aromatic carbocycles. The molecule has 0 spiro atoms. The standard InChI is InChI=1S/C28H30N4O4S/c1-5-23(26(33)31-28-30-22-11-10-17(35-4)14-24(22)37-28)36-27(34)25-18-8-6-7-9-20(18)29-21-12-13-32(16(2)3)15-19(21)25/h6-11,14,16,23H,5,12-13,15H2,1-4H3,(H,30,31,33). The van der Waals surface area contributed by atoms with E-state index in [0.717, 1.165) is 51.1 Å². The minimum Gasteiger partial charge on any atom is -0.497 e. The molecule has 37 heavy (non-hydrogen) atoms. The molecule has 0 fully saturated rings. The molecule has 1 atom stereocenters. The molecule has 1 aliphatic rings. The number of aromatic nitrogens is 2. The van der Waals surface area contributed by atoms with Gasteiger partial charge in [0.2, 0.25) is 0 Å². The first-order chi connectivity index (χ1) is 17.9. The van der Waals surface area contributed by atoms with Crippen molar-refractivity contribution in [2.45, 2.75) is 52.3 Å². The number of fused-ring (bicyclic) bond motifs is 3. The highest BCUT2D eigenvalue weighted by molar-refractivity contribution is 7.22. The van der Waals surface area contributed by atoms with Gasteiger partial charge in [-0.1, -0.05) is 36.5 Å². The van der Waals surface area contributed by atoms with E-state index < -0.39 is 18.0 Å². The molecule has 0 saturated carbocycles. The van der Waals surface area contributed by atoms with Crippen molar-refractivity contribution in [1.82, 2.24) is 14.9 Å². The Morgan fingerprint density at radius 3 is 2.70 bits per heavy atom. The number of hydrogen-bond donors (Lipinski definition) is 1. The van der Waals surface area contributed by atoms with Crippen LogP contribution in [0, 0.1) is 0 Å². The molecule has 3 heterocycles. The first kappa shape index (κ1) is 25.1. The van der Waals surface area contributed by atoms with Gasteiger partial charge in [0.15, 0.2) is 11.2 Å². The summed E-state index contributed by atoms with van der Waals surface area (Å²) in [6.07, 6.45) is 0.139. The Bertz CT molecular complexity index is 1480. The molecule has 8 nitrogen and oxygen atoms in total. The van der Waals surface area contributed by atoms with E-state index in [1.165, 1.54) is 11.3 Å². The van der Waals surface area contributed by atoms with Crippen molar-refractivity contribution >= 4 is 49.5 Å². The predicted octanol–water partition coefficient (Wildman–Crippen LogP) is 5.19. The van der Waals surface area contributed by atoms with Crippen molar-refractivity contribution in [1.29, 1.82) is 0 Å². The van der Waals surface area contributed by atoms with E-state index in [0.29, 0.717) is 29.7 Å². The van der Waals surface area contributed by atoms with E-state index in [1.807, 2.05) is 49.4 Å². The molecule has 2 aromatic heterocycles. The van der Waals surface area contributed by atoms with Crippen LogP contribution in [0.4, 0.5) is 5.13 Å². The maximum Gasteiger partial charge on any atom is 0.340 e. The van der Waals surface area contributed by atoms with Crippen LogP contribution in [0.25, 0.3) is 21.1 Å². The Balaban J connectivity index is 1.41. The van der Waals surface area contributed by atoms with E-state index >= 15 is 0 Å². The fourth-order valence-corrected chi connectivity index (χ4v) is 5.56. The largest absolute Gasteiger partial charge is 0.497 e. The average molecular weight is 519 g/mol. The van der Waals surface area contributed by atoms with Crippen LogP contribution in [0.5, 0.6) is 5.75 Å². The van der Waals surface area contributed by atoms with Gasteiger partial charge in [0, 0.05) is 42.2 Å². The van der Waals surface area contributed by atoms with Crippen LogP contribution >= 0.6 is 11.3 Å². The number of methoxy groups -OCH3 is 1. The number of anilines is 1. The zero-order chi connectivity index (χ0) is 26.1. The molecule has 1 aliphatic heterocycles. The molecule has 1 N–H and O–H groups in total. The molecule has 192 valence electrons. The molecule has 1 unspecified atom stereocenters. The van der Waals surface area contributed by atoms with E-state index in [2.05, 4.69) is 29.0 Å². The minimum absolute atomic E-state index is 0.333. The molecule has 0 saturated heterocycles. The predicted molar refractivity (Wildman–Crippen MR) is 145 cm³/mol. The zero-order valence-corrected chi connectivity index (χ0v) is 22.2. The lowest BCUT2D eigenvalue weighted by Crippen LogP contribution is -2.38. The molecule has 5 rings (SSSR count). The molecular formula is C28H30N4O4S.